The van der Waals surface area contributed by atoms with E-state index in [0.717, 1.165) is 0 Å². The summed E-state index contributed by atoms with van der Waals surface area (Å²) < 4.78 is 0. The number of carbonyl (C=O) groups is 2. The number of carbonyl (C=O) groups excluding carboxylic acids is 1. The zero-order valence-electron chi connectivity index (χ0n) is 11.5. The molecule has 2 N–H and O–H groups in total. The summed E-state index contributed by atoms with van der Waals surface area (Å²) in [6.07, 6.45) is 0. The molecule has 106 valence electrons. The third kappa shape index (κ3) is 4.20. The topological polar surface area (TPSA) is 82.5 Å². The largest absolute Gasteiger partial charge is 0.476 e. The minimum Gasteiger partial charge on any atom is -0.476 e. The Morgan fingerprint density at radius 1 is 1.47 bits per heavy atom. The van der Waals surface area contributed by atoms with E-state index >= 15 is 0 Å². The molecule has 7 heteroatoms. The lowest BCUT2D eigenvalue weighted by Crippen LogP contribution is -2.44. The molecule has 0 saturated heterocycles. The average molecular weight is 285 g/mol. The van der Waals surface area contributed by atoms with Gasteiger partial charge >= 0.3 is 12.0 Å². The number of nitrogens with zero attached hydrogens (tertiary/aromatic N) is 2. The fourth-order valence-corrected chi connectivity index (χ4v) is 2.11. The number of aromatic carboxylic acids is 1. The molecule has 1 unspecified atom stereocenters. The van der Waals surface area contributed by atoms with Crippen LogP contribution in [0.3, 0.4) is 0 Å². The summed E-state index contributed by atoms with van der Waals surface area (Å²) in [6, 6.07) is -0.0563. The smallest absolute Gasteiger partial charge is 0.355 e. The van der Waals surface area contributed by atoms with Gasteiger partial charge in [-0.15, -0.1) is 11.3 Å². The van der Waals surface area contributed by atoms with E-state index in [1.807, 2.05) is 6.92 Å². The van der Waals surface area contributed by atoms with Crippen molar-refractivity contribution in [2.45, 2.75) is 33.4 Å². The number of carboxylic acids is 1. The van der Waals surface area contributed by atoms with E-state index in [1.165, 1.54) is 16.7 Å². The van der Waals surface area contributed by atoms with E-state index in [4.69, 9.17) is 5.11 Å². The van der Waals surface area contributed by atoms with Crippen LogP contribution in [0.5, 0.6) is 0 Å². The summed E-state index contributed by atoms with van der Waals surface area (Å²) in [7, 11) is 1.74. The van der Waals surface area contributed by atoms with Crippen LogP contribution in [0.4, 0.5) is 4.79 Å². The van der Waals surface area contributed by atoms with E-state index in [-0.39, 0.29) is 24.3 Å². The van der Waals surface area contributed by atoms with Crippen LogP contribution >= 0.6 is 11.3 Å². The highest BCUT2D eigenvalue weighted by molar-refractivity contribution is 7.09. The van der Waals surface area contributed by atoms with Gasteiger partial charge in [-0.25, -0.2) is 14.6 Å². The highest BCUT2D eigenvalue weighted by Crippen LogP contribution is 2.11. The molecule has 0 bridgehead atoms. The van der Waals surface area contributed by atoms with Gasteiger partial charge in [0.1, 0.15) is 5.01 Å². The molecule has 0 fully saturated rings. The Bertz CT molecular complexity index is 459. The zero-order chi connectivity index (χ0) is 14.6. The number of rotatable bonds is 5. The Kier molecular flexibility index (Phi) is 5.29. The SMILES string of the molecule is CC(C)C(C)N(C)C(=O)NCc1nc(C(=O)O)cs1. The molecule has 19 heavy (non-hydrogen) atoms. The minimum atomic E-state index is -1.06. The number of urea groups is 1. The number of nitrogens with one attached hydrogen (secondary N) is 1. The fourth-order valence-electron chi connectivity index (χ4n) is 1.40. The Balaban J connectivity index is 2.51. The van der Waals surface area contributed by atoms with Crippen molar-refractivity contribution in [2.75, 3.05) is 7.05 Å². The van der Waals surface area contributed by atoms with Gasteiger partial charge in [0, 0.05) is 18.5 Å². The Hall–Kier alpha value is -1.63. The van der Waals surface area contributed by atoms with Crippen molar-refractivity contribution < 1.29 is 14.7 Å². The molecule has 2 amide bonds. The van der Waals surface area contributed by atoms with Gasteiger partial charge in [0.15, 0.2) is 5.69 Å². The number of hydrogen-bond donors (Lipinski definition) is 2. The Morgan fingerprint density at radius 2 is 2.11 bits per heavy atom. The molecule has 1 rings (SSSR count). The molecule has 0 aliphatic heterocycles. The van der Waals surface area contributed by atoms with E-state index in [2.05, 4.69) is 24.1 Å². The lowest BCUT2D eigenvalue weighted by atomic mass is 10.1. The number of amides is 2. The van der Waals surface area contributed by atoms with Crippen molar-refractivity contribution in [3.63, 3.8) is 0 Å². The van der Waals surface area contributed by atoms with Crippen molar-refractivity contribution in [3.05, 3.63) is 16.1 Å². The van der Waals surface area contributed by atoms with Gasteiger partial charge in [0.2, 0.25) is 0 Å². The molecule has 1 atom stereocenters. The first kappa shape index (κ1) is 15.4. The summed E-state index contributed by atoms with van der Waals surface area (Å²) in [5, 5.41) is 13.5. The van der Waals surface area contributed by atoms with Gasteiger partial charge in [-0.1, -0.05) is 13.8 Å². The summed E-state index contributed by atoms with van der Waals surface area (Å²) in [6.45, 7) is 6.32. The van der Waals surface area contributed by atoms with Crippen LogP contribution in [0.25, 0.3) is 0 Å². The molecule has 0 radical (unpaired) electrons. The quantitative estimate of drug-likeness (QED) is 0.867. The molecule has 0 saturated carbocycles. The molecule has 0 aliphatic rings. The highest BCUT2D eigenvalue weighted by Gasteiger charge is 2.18. The molecule has 0 spiro atoms. The van der Waals surface area contributed by atoms with Crippen LogP contribution in [0.15, 0.2) is 5.38 Å². The third-order valence-corrected chi connectivity index (χ3v) is 3.91. The molecule has 6 nitrogen and oxygen atoms in total. The van der Waals surface area contributed by atoms with E-state index in [0.29, 0.717) is 10.9 Å². The van der Waals surface area contributed by atoms with E-state index in [1.54, 1.807) is 11.9 Å². The van der Waals surface area contributed by atoms with Crippen LogP contribution in [0.2, 0.25) is 0 Å². The third-order valence-electron chi connectivity index (χ3n) is 3.06. The van der Waals surface area contributed by atoms with Crippen molar-refractivity contribution in [3.8, 4) is 0 Å². The predicted molar refractivity (Wildman–Crippen MR) is 73.4 cm³/mol. The molecule has 0 aliphatic carbocycles. The summed E-state index contributed by atoms with van der Waals surface area (Å²) in [5.41, 5.74) is 0.0122. The second-order valence-electron chi connectivity index (χ2n) is 4.69. The Labute approximate surface area is 116 Å². The van der Waals surface area contributed by atoms with Crippen LogP contribution < -0.4 is 5.32 Å². The number of thiazole rings is 1. The summed E-state index contributed by atoms with van der Waals surface area (Å²) >= 11 is 1.22. The maximum atomic E-state index is 11.9. The maximum absolute atomic E-state index is 11.9. The summed E-state index contributed by atoms with van der Waals surface area (Å²) in [4.78, 5) is 28.1. The van der Waals surface area contributed by atoms with E-state index < -0.39 is 5.97 Å². The maximum Gasteiger partial charge on any atom is 0.355 e. The Morgan fingerprint density at radius 3 is 2.58 bits per heavy atom. The monoisotopic (exact) mass is 285 g/mol. The van der Waals surface area contributed by atoms with Gasteiger partial charge in [0.25, 0.3) is 0 Å². The second-order valence-corrected chi connectivity index (χ2v) is 5.63. The van der Waals surface area contributed by atoms with Gasteiger partial charge in [-0.3, -0.25) is 0 Å². The first-order valence-corrected chi connectivity index (χ1v) is 6.89. The molecular weight excluding hydrogens is 266 g/mol. The van der Waals surface area contributed by atoms with Crippen LogP contribution in [-0.4, -0.2) is 40.1 Å². The van der Waals surface area contributed by atoms with Crippen LogP contribution in [0.1, 0.15) is 36.3 Å². The van der Waals surface area contributed by atoms with Crippen LogP contribution in [-0.2, 0) is 6.54 Å². The first-order valence-electron chi connectivity index (χ1n) is 6.01. The molecule has 1 aromatic rings. The second kappa shape index (κ2) is 6.51. The van der Waals surface area contributed by atoms with Gasteiger partial charge in [-0.05, 0) is 12.8 Å². The normalized spacial score (nSPS) is 12.3. The number of carboxylic acid groups (broad SMARTS) is 1. The van der Waals surface area contributed by atoms with Gasteiger partial charge in [0.05, 0.1) is 6.54 Å². The zero-order valence-corrected chi connectivity index (χ0v) is 12.3. The first-order chi connectivity index (χ1) is 8.82. The van der Waals surface area contributed by atoms with Crippen molar-refractivity contribution in [1.82, 2.24) is 15.2 Å². The van der Waals surface area contributed by atoms with Crippen molar-refractivity contribution in [1.29, 1.82) is 0 Å². The lowest BCUT2D eigenvalue weighted by Gasteiger charge is -2.27. The molecule has 0 aromatic carbocycles. The molecule has 1 aromatic heterocycles. The van der Waals surface area contributed by atoms with Crippen molar-refractivity contribution >= 4 is 23.3 Å². The minimum absolute atomic E-state index is 0.0122. The van der Waals surface area contributed by atoms with Crippen LogP contribution in [0, 0.1) is 5.92 Å². The van der Waals surface area contributed by atoms with E-state index in [9.17, 15) is 9.59 Å². The van der Waals surface area contributed by atoms with Crippen molar-refractivity contribution in [2.24, 2.45) is 5.92 Å². The molecular formula is C12H19N3O3S. The summed E-state index contributed by atoms with van der Waals surface area (Å²) in [5.74, 6) is -0.686. The molecule has 1 heterocycles. The number of aromatic nitrogens is 1. The fraction of sp³-hybridized carbons (Fsp3) is 0.583. The van der Waals surface area contributed by atoms with Gasteiger partial charge < -0.3 is 15.3 Å². The number of hydrogen-bond acceptors (Lipinski definition) is 4. The highest BCUT2D eigenvalue weighted by atomic mass is 32.1. The average Bonchev–Trinajstić information content (AvgIpc) is 2.82. The predicted octanol–water partition coefficient (Wildman–Crippen LogP) is 2.03. The lowest BCUT2D eigenvalue weighted by molar-refractivity contribution is 0.0691. The standard InChI is InChI=1S/C12H19N3O3S/c1-7(2)8(3)15(4)12(18)13-5-10-14-9(6-19-10)11(16)17/h6-8H,5H2,1-4H3,(H,13,18)(H,16,17). The van der Waals surface area contributed by atoms with Gasteiger partial charge in [-0.2, -0.15) is 0 Å².